The van der Waals surface area contributed by atoms with Gasteiger partial charge in [0.1, 0.15) is 18.0 Å². The molecule has 0 atom stereocenters. The Bertz CT molecular complexity index is 880. The van der Waals surface area contributed by atoms with Crippen LogP contribution in [0, 0.1) is 0 Å². The minimum Gasteiger partial charge on any atom is -0.368 e. The molecule has 3 aromatic rings. The zero-order valence-electron chi connectivity index (χ0n) is 15.9. The molecule has 2 heterocycles. The van der Waals surface area contributed by atoms with Crippen molar-refractivity contribution in [2.45, 2.75) is 26.2 Å². The third-order valence-electron chi connectivity index (χ3n) is 4.25. The lowest BCUT2D eigenvalue weighted by molar-refractivity contribution is 0.0955. The summed E-state index contributed by atoms with van der Waals surface area (Å²) in [5, 5.41) is 6.12. The quantitative estimate of drug-likeness (QED) is 0.659. The first-order chi connectivity index (χ1) is 12.9. The summed E-state index contributed by atoms with van der Waals surface area (Å²) >= 11 is 0. The van der Waals surface area contributed by atoms with Gasteiger partial charge in [-0.05, 0) is 35.2 Å². The van der Waals surface area contributed by atoms with Gasteiger partial charge in [0.2, 0.25) is 0 Å². The van der Waals surface area contributed by atoms with Crippen LogP contribution < -0.4 is 10.6 Å². The lowest BCUT2D eigenvalue weighted by atomic mass is 9.87. The van der Waals surface area contributed by atoms with Crippen LogP contribution in [0.4, 0.5) is 5.82 Å². The number of rotatable bonds is 6. The van der Waals surface area contributed by atoms with Crippen LogP contribution in [-0.2, 0) is 5.41 Å². The van der Waals surface area contributed by atoms with Gasteiger partial charge in [0, 0.05) is 37.1 Å². The van der Waals surface area contributed by atoms with Crippen molar-refractivity contribution in [1.82, 2.24) is 19.9 Å². The highest BCUT2D eigenvalue weighted by molar-refractivity contribution is 5.94. The van der Waals surface area contributed by atoms with Crippen molar-refractivity contribution < 1.29 is 4.79 Å². The van der Waals surface area contributed by atoms with Crippen molar-refractivity contribution in [2.24, 2.45) is 0 Å². The van der Waals surface area contributed by atoms with Crippen molar-refractivity contribution in [3.63, 3.8) is 0 Å². The van der Waals surface area contributed by atoms with Gasteiger partial charge in [-0.25, -0.2) is 9.97 Å². The van der Waals surface area contributed by atoms with Crippen LogP contribution in [0.2, 0.25) is 0 Å². The third kappa shape index (κ3) is 4.94. The second kappa shape index (κ2) is 8.03. The number of hydrogen-bond donors (Lipinski definition) is 2. The molecule has 0 aliphatic heterocycles. The van der Waals surface area contributed by atoms with Gasteiger partial charge in [-0.15, -0.1) is 0 Å². The Hall–Kier alpha value is -3.15. The molecule has 2 aromatic heterocycles. The molecule has 2 N–H and O–H groups in total. The molecule has 0 aliphatic carbocycles. The first-order valence-electron chi connectivity index (χ1n) is 9.01. The second-order valence-electron chi connectivity index (χ2n) is 7.36. The summed E-state index contributed by atoms with van der Waals surface area (Å²) in [5.74, 6) is 1.44. The fraction of sp³-hybridized carbons (Fsp3) is 0.286. The van der Waals surface area contributed by atoms with E-state index in [0.717, 1.165) is 11.6 Å². The molecule has 0 unspecified atom stereocenters. The van der Waals surface area contributed by atoms with E-state index < -0.39 is 0 Å². The van der Waals surface area contributed by atoms with Gasteiger partial charge in [0.15, 0.2) is 0 Å². The number of hydrogen-bond acceptors (Lipinski definition) is 4. The average Bonchev–Trinajstić information content (AvgIpc) is 3.19. The van der Waals surface area contributed by atoms with E-state index in [1.54, 1.807) is 0 Å². The highest BCUT2D eigenvalue weighted by atomic mass is 16.1. The Morgan fingerprint density at radius 3 is 2.41 bits per heavy atom. The fourth-order valence-corrected chi connectivity index (χ4v) is 2.66. The van der Waals surface area contributed by atoms with Gasteiger partial charge in [0.05, 0.1) is 0 Å². The Morgan fingerprint density at radius 2 is 1.74 bits per heavy atom. The van der Waals surface area contributed by atoms with Crippen molar-refractivity contribution >= 4 is 11.7 Å². The van der Waals surface area contributed by atoms with Crippen LogP contribution in [0.15, 0.2) is 61.2 Å². The normalized spacial score (nSPS) is 11.2. The minimum absolute atomic E-state index is 0.0759. The molecule has 6 nitrogen and oxygen atoms in total. The number of nitrogens with one attached hydrogen (secondary N) is 2. The van der Waals surface area contributed by atoms with Gasteiger partial charge in [-0.2, -0.15) is 0 Å². The number of aromatic nitrogens is 3. The largest absolute Gasteiger partial charge is 0.368 e. The van der Waals surface area contributed by atoms with Crippen molar-refractivity contribution in [1.29, 1.82) is 0 Å². The molecular weight excluding hydrogens is 338 g/mol. The van der Waals surface area contributed by atoms with E-state index in [1.165, 1.54) is 11.9 Å². The first kappa shape index (κ1) is 18.6. The molecule has 27 heavy (non-hydrogen) atoms. The van der Waals surface area contributed by atoms with Gasteiger partial charge in [-0.1, -0.05) is 32.9 Å². The maximum atomic E-state index is 12.3. The molecular formula is C21H25N5O. The second-order valence-corrected chi connectivity index (χ2v) is 7.36. The molecule has 0 radical (unpaired) electrons. The van der Waals surface area contributed by atoms with Crippen molar-refractivity contribution in [3.8, 4) is 5.82 Å². The van der Waals surface area contributed by atoms with E-state index in [4.69, 9.17) is 0 Å². The van der Waals surface area contributed by atoms with E-state index in [-0.39, 0.29) is 11.3 Å². The molecule has 1 aromatic carbocycles. The summed E-state index contributed by atoms with van der Waals surface area (Å²) in [7, 11) is 0. The monoisotopic (exact) mass is 363 g/mol. The summed E-state index contributed by atoms with van der Waals surface area (Å²) in [6.45, 7) is 7.55. The maximum Gasteiger partial charge on any atom is 0.251 e. The summed E-state index contributed by atoms with van der Waals surface area (Å²) in [5.41, 5.74) is 1.96. The molecule has 0 aliphatic rings. The summed E-state index contributed by atoms with van der Waals surface area (Å²) in [6.07, 6.45) is 5.38. The summed E-state index contributed by atoms with van der Waals surface area (Å²) < 4.78 is 1.91. The SMILES string of the molecule is CC(C)(C)c1ccc(C(=O)NCCNc2cc(-n3cccc3)ncn2)cc1. The van der Waals surface area contributed by atoms with Crippen LogP contribution in [0.1, 0.15) is 36.7 Å². The van der Waals surface area contributed by atoms with Crippen LogP contribution in [-0.4, -0.2) is 33.5 Å². The molecule has 0 bridgehead atoms. The standard InChI is InChI=1S/C21H25N5O/c1-21(2,3)17-8-6-16(7-9-17)20(27)23-11-10-22-18-14-19(25-15-24-18)26-12-4-5-13-26/h4-9,12-15H,10-11H2,1-3H3,(H,23,27)(H,22,24,25). The molecule has 6 heteroatoms. The lowest BCUT2D eigenvalue weighted by Crippen LogP contribution is -2.29. The number of benzene rings is 1. The predicted octanol–water partition coefficient (Wildman–Crippen LogP) is 3.41. The molecule has 0 saturated heterocycles. The molecule has 0 fully saturated rings. The summed E-state index contributed by atoms with van der Waals surface area (Å²) in [4.78, 5) is 20.7. The topological polar surface area (TPSA) is 71.8 Å². The molecule has 3 rings (SSSR count). The molecule has 0 spiro atoms. The minimum atomic E-state index is -0.0759. The molecule has 1 amide bonds. The van der Waals surface area contributed by atoms with Gasteiger partial charge < -0.3 is 15.2 Å². The zero-order chi connectivity index (χ0) is 19.3. The average molecular weight is 363 g/mol. The van der Waals surface area contributed by atoms with Gasteiger partial charge in [-0.3, -0.25) is 4.79 Å². The lowest BCUT2D eigenvalue weighted by Gasteiger charge is -2.19. The maximum absolute atomic E-state index is 12.3. The number of anilines is 1. The molecule has 140 valence electrons. The van der Waals surface area contributed by atoms with Crippen LogP contribution >= 0.6 is 0 Å². The third-order valence-corrected chi connectivity index (χ3v) is 4.25. The van der Waals surface area contributed by atoms with E-state index >= 15 is 0 Å². The number of carbonyl (C=O) groups excluding carboxylic acids is 1. The molecule has 0 saturated carbocycles. The van der Waals surface area contributed by atoms with E-state index in [2.05, 4.69) is 41.4 Å². The summed E-state index contributed by atoms with van der Waals surface area (Å²) in [6, 6.07) is 13.5. The van der Waals surface area contributed by atoms with Gasteiger partial charge >= 0.3 is 0 Å². The highest BCUT2D eigenvalue weighted by Crippen LogP contribution is 2.22. The Balaban J connectivity index is 1.49. The smallest absolute Gasteiger partial charge is 0.251 e. The van der Waals surface area contributed by atoms with Crippen LogP contribution in [0.5, 0.6) is 0 Å². The van der Waals surface area contributed by atoms with Crippen LogP contribution in [0.25, 0.3) is 5.82 Å². The van der Waals surface area contributed by atoms with Crippen molar-refractivity contribution in [3.05, 3.63) is 72.3 Å². The van der Waals surface area contributed by atoms with Crippen LogP contribution in [0.3, 0.4) is 0 Å². The Kier molecular flexibility index (Phi) is 5.54. The van der Waals surface area contributed by atoms with Crippen molar-refractivity contribution in [2.75, 3.05) is 18.4 Å². The highest BCUT2D eigenvalue weighted by Gasteiger charge is 2.14. The van der Waals surface area contributed by atoms with E-state index in [0.29, 0.717) is 18.7 Å². The zero-order valence-corrected chi connectivity index (χ0v) is 15.9. The number of amides is 1. The fourth-order valence-electron chi connectivity index (χ4n) is 2.66. The van der Waals surface area contributed by atoms with E-state index in [9.17, 15) is 4.79 Å². The first-order valence-corrected chi connectivity index (χ1v) is 9.01. The number of nitrogens with zero attached hydrogens (tertiary/aromatic N) is 3. The Morgan fingerprint density at radius 1 is 1.04 bits per heavy atom. The van der Waals surface area contributed by atoms with Gasteiger partial charge in [0.25, 0.3) is 5.91 Å². The predicted molar refractivity (Wildman–Crippen MR) is 107 cm³/mol. The van der Waals surface area contributed by atoms with E-state index in [1.807, 2.05) is 59.4 Å². The number of carbonyl (C=O) groups is 1. The Labute approximate surface area is 159 Å².